The van der Waals surface area contributed by atoms with Gasteiger partial charge in [0.15, 0.2) is 11.6 Å². The molecule has 1 aliphatic heterocycles. The van der Waals surface area contributed by atoms with E-state index in [1.165, 1.54) is 0 Å². The van der Waals surface area contributed by atoms with Crippen LogP contribution in [0.15, 0.2) is 41.8 Å². The lowest BCUT2D eigenvalue weighted by molar-refractivity contribution is 0.307. The van der Waals surface area contributed by atoms with E-state index >= 15 is 0 Å². The van der Waals surface area contributed by atoms with Gasteiger partial charge in [-0.25, -0.2) is 4.98 Å². The maximum absolute atomic E-state index is 5.96. The van der Waals surface area contributed by atoms with Crippen LogP contribution in [0.4, 0.5) is 5.82 Å². The van der Waals surface area contributed by atoms with E-state index in [0.717, 1.165) is 54.2 Å². The van der Waals surface area contributed by atoms with Gasteiger partial charge in [0, 0.05) is 62.3 Å². The molecule has 0 unspecified atom stereocenters. The van der Waals surface area contributed by atoms with Gasteiger partial charge >= 0.3 is 0 Å². The molecule has 0 radical (unpaired) electrons. The second-order valence-corrected chi connectivity index (χ2v) is 7.19. The number of fused-ring (bicyclic) bond motifs is 1. The fourth-order valence-electron chi connectivity index (χ4n) is 3.67. The molecule has 146 valence electrons. The summed E-state index contributed by atoms with van der Waals surface area (Å²) in [6.45, 7) is 4.53. The molecule has 8 heteroatoms. The lowest BCUT2D eigenvalue weighted by atomic mass is 9.93. The number of hydrogen-bond acceptors (Lipinski definition) is 5. The molecule has 4 rings (SSSR count). The highest BCUT2D eigenvalue weighted by Crippen LogP contribution is 2.29. The summed E-state index contributed by atoms with van der Waals surface area (Å²) in [5, 5.41) is 8.00. The molecule has 0 aromatic carbocycles. The van der Waals surface area contributed by atoms with Gasteiger partial charge in [-0.1, -0.05) is 6.07 Å². The molecular formula is C20H26N8. The van der Waals surface area contributed by atoms with E-state index in [9.17, 15) is 0 Å². The molecule has 0 atom stereocenters. The summed E-state index contributed by atoms with van der Waals surface area (Å²) in [6, 6.07) is 6.14. The minimum Gasteiger partial charge on any atom is -0.370 e. The molecule has 1 fully saturated rings. The molecule has 3 aromatic heterocycles. The zero-order valence-corrected chi connectivity index (χ0v) is 16.3. The quantitative estimate of drug-likeness (QED) is 0.533. The minimum atomic E-state index is 0.402. The van der Waals surface area contributed by atoms with Crippen molar-refractivity contribution in [3.05, 3.63) is 53.6 Å². The Morgan fingerprint density at radius 2 is 2.14 bits per heavy atom. The summed E-state index contributed by atoms with van der Waals surface area (Å²) >= 11 is 0. The van der Waals surface area contributed by atoms with Crippen molar-refractivity contribution in [1.82, 2.24) is 24.5 Å². The number of anilines is 1. The number of aryl methyl sites for hydroxylation is 1. The molecular weight excluding hydrogens is 352 g/mol. The SMILES string of the molecule is CN=C(N)N1CCC(c2cc(NCc3cccnc3)n3ncc(C)c3n2)CC1. The molecule has 1 aliphatic rings. The van der Waals surface area contributed by atoms with Gasteiger partial charge in [0.05, 0.1) is 6.20 Å². The molecule has 0 bridgehead atoms. The van der Waals surface area contributed by atoms with E-state index < -0.39 is 0 Å². The van der Waals surface area contributed by atoms with Crippen molar-refractivity contribution in [1.29, 1.82) is 0 Å². The number of nitrogens with two attached hydrogens (primary N) is 1. The van der Waals surface area contributed by atoms with Gasteiger partial charge in [0.2, 0.25) is 0 Å². The molecule has 4 heterocycles. The summed E-state index contributed by atoms with van der Waals surface area (Å²) in [5.41, 5.74) is 10.2. The van der Waals surface area contributed by atoms with Crippen molar-refractivity contribution in [2.24, 2.45) is 10.7 Å². The van der Waals surface area contributed by atoms with Crippen molar-refractivity contribution in [3.63, 3.8) is 0 Å². The maximum Gasteiger partial charge on any atom is 0.190 e. The van der Waals surface area contributed by atoms with E-state index in [2.05, 4.69) is 37.4 Å². The second-order valence-electron chi connectivity index (χ2n) is 7.19. The van der Waals surface area contributed by atoms with Crippen LogP contribution in [-0.4, -0.2) is 50.6 Å². The highest BCUT2D eigenvalue weighted by atomic mass is 15.3. The molecule has 0 amide bonds. The normalized spacial score (nSPS) is 15.9. The second kappa shape index (κ2) is 7.84. The average Bonchev–Trinajstić information content (AvgIpc) is 3.13. The van der Waals surface area contributed by atoms with Gasteiger partial charge in [0.1, 0.15) is 5.82 Å². The Bertz CT molecular complexity index is 971. The third-order valence-corrected chi connectivity index (χ3v) is 5.33. The van der Waals surface area contributed by atoms with E-state index in [-0.39, 0.29) is 0 Å². The number of pyridine rings is 1. The van der Waals surface area contributed by atoms with Gasteiger partial charge in [-0.3, -0.25) is 9.98 Å². The van der Waals surface area contributed by atoms with Crippen LogP contribution in [0.5, 0.6) is 0 Å². The summed E-state index contributed by atoms with van der Waals surface area (Å²) in [7, 11) is 1.74. The Labute approximate surface area is 164 Å². The van der Waals surface area contributed by atoms with Gasteiger partial charge in [-0.15, -0.1) is 0 Å². The number of aliphatic imine (C=N–C) groups is 1. The zero-order chi connectivity index (χ0) is 19.5. The van der Waals surface area contributed by atoms with Crippen LogP contribution in [0.2, 0.25) is 0 Å². The van der Waals surface area contributed by atoms with Crippen LogP contribution in [0.25, 0.3) is 5.65 Å². The first-order valence-corrected chi connectivity index (χ1v) is 9.61. The van der Waals surface area contributed by atoms with Crippen LogP contribution < -0.4 is 11.1 Å². The highest BCUT2D eigenvalue weighted by Gasteiger charge is 2.24. The van der Waals surface area contributed by atoms with Crippen LogP contribution >= 0.6 is 0 Å². The number of rotatable bonds is 4. The summed E-state index contributed by atoms with van der Waals surface area (Å²) in [4.78, 5) is 15.4. The number of nitrogens with zero attached hydrogens (tertiary/aromatic N) is 6. The number of hydrogen-bond donors (Lipinski definition) is 2. The third-order valence-electron chi connectivity index (χ3n) is 5.33. The Hall–Kier alpha value is -3.16. The van der Waals surface area contributed by atoms with Gasteiger partial charge in [-0.2, -0.15) is 9.61 Å². The molecule has 3 aromatic rings. The van der Waals surface area contributed by atoms with Crippen molar-refractivity contribution < 1.29 is 0 Å². The van der Waals surface area contributed by atoms with Gasteiger partial charge in [0.25, 0.3) is 0 Å². The van der Waals surface area contributed by atoms with E-state index in [0.29, 0.717) is 18.4 Å². The molecule has 0 saturated carbocycles. The number of likely N-dealkylation sites (tertiary alicyclic amines) is 1. The Morgan fingerprint density at radius 3 is 2.86 bits per heavy atom. The van der Waals surface area contributed by atoms with Crippen molar-refractivity contribution in [3.8, 4) is 0 Å². The first kappa shape index (κ1) is 18.2. The van der Waals surface area contributed by atoms with Crippen LogP contribution in [0.3, 0.4) is 0 Å². The fourth-order valence-corrected chi connectivity index (χ4v) is 3.67. The lowest BCUT2D eigenvalue weighted by Crippen LogP contribution is -2.42. The van der Waals surface area contributed by atoms with Gasteiger partial charge < -0.3 is 16.0 Å². The molecule has 1 saturated heterocycles. The third kappa shape index (κ3) is 3.62. The van der Waals surface area contributed by atoms with Crippen LogP contribution in [0, 0.1) is 6.92 Å². The topological polar surface area (TPSA) is 96.7 Å². The monoisotopic (exact) mass is 378 g/mol. The van der Waals surface area contributed by atoms with Crippen molar-refractivity contribution in [2.45, 2.75) is 32.2 Å². The predicted octanol–water partition coefficient (Wildman–Crippen LogP) is 2.17. The molecule has 8 nitrogen and oxygen atoms in total. The standard InChI is InChI=1S/C20H26N8/c1-14-11-25-28-18(24-13-15-4-3-7-23-12-15)10-17(26-19(14)28)16-5-8-27(9-6-16)20(21)22-2/h3-4,7,10-12,16,24H,5-6,8-9,13H2,1-2H3,(H2,21,22). The fraction of sp³-hybridized carbons (Fsp3) is 0.400. The molecule has 0 spiro atoms. The van der Waals surface area contributed by atoms with Gasteiger partial charge in [-0.05, 0) is 31.4 Å². The number of piperidine rings is 1. The van der Waals surface area contributed by atoms with E-state index in [1.54, 1.807) is 13.2 Å². The summed E-state index contributed by atoms with van der Waals surface area (Å²) in [6.07, 6.45) is 7.53. The van der Waals surface area contributed by atoms with Crippen molar-refractivity contribution in [2.75, 3.05) is 25.5 Å². The van der Waals surface area contributed by atoms with Crippen LogP contribution in [0.1, 0.15) is 35.6 Å². The largest absolute Gasteiger partial charge is 0.370 e. The smallest absolute Gasteiger partial charge is 0.190 e. The lowest BCUT2D eigenvalue weighted by Gasteiger charge is -2.32. The Kier molecular flexibility index (Phi) is 5.10. The molecule has 28 heavy (non-hydrogen) atoms. The molecule has 3 N–H and O–H groups in total. The average molecular weight is 378 g/mol. The highest BCUT2D eigenvalue weighted by molar-refractivity contribution is 5.78. The first-order valence-electron chi connectivity index (χ1n) is 9.61. The number of guanidine groups is 1. The summed E-state index contributed by atoms with van der Waals surface area (Å²) < 4.78 is 1.88. The van der Waals surface area contributed by atoms with Crippen LogP contribution in [-0.2, 0) is 6.54 Å². The zero-order valence-electron chi connectivity index (χ0n) is 16.3. The predicted molar refractivity (Wildman–Crippen MR) is 110 cm³/mol. The molecule has 0 aliphatic carbocycles. The maximum atomic E-state index is 5.96. The first-order chi connectivity index (χ1) is 13.7. The number of aromatic nitrogens is 4. The van der Waals surface area contributed by atoms with E-state index in [1.807, 2.05) is 29.9 Å². The number of nitrogens with one attached hydrogen (secondary N) is 1. The Balaban J connectivity index is 1.58. The minimum absolute atomic E-state index is 0.402. The summed E-state index contributed by atoms with van der Waals surface area (Å²) in [5.74, 6) is 1.97. The van der Waals surface area contributed by atoms with E-state index in [4.69, 9.17) is 10.7 Å². The van der Waals surface area contributed by atoms with Crippen molar-refractivity contribution >= 4 is 17.4 Å². The Morgan fingerprint density at radius 1 is 1.32 bits per heavy atom.